The molecule has 0 unspecified atom stereocenters. The van der Waals surface area contributed by atoms with Crippen LogP contribution in [0.15, 0.2) is 18.2 Å². The number of carbonyl (C=O) groups is 1. The molecule has 1 fully saturated rings. The van der Waals surface area contributed by atoms with Gasteiger partial charge in [-0.05, 0) is 25.1 Å². The lowest BCUT2D eigenvalue weighted by Gasteiger charge is -2.35. The van der Waals surface area contributed by atoms with E-state index in [1.807, 2.05) is 10.6 Å². The lowest BCUT2D eigenvalue weighted by Crippen LogP contribution is -2.47. The number of amides is 1. The van der Waals surface area contributed by atoms with Gasteiger partial charge in [0.1, 0.15) is 5.52 Å². The second-order valence-electron chi connectivity index (χ2n) is 6.16. The van der Waals surface area contributed by atoms with Gasteiger partial charge >= 0.3 is 6.09 Å². The summed E-state index contributed by atoms with van der Waals surface area (Å²) >= 11 is 0. The van der Waals surface area contributed by atoms with Crippen molar-refractivity contribution in [1.29, 1.82) is 0 Å². The number of hydrogen-bond donors (Lipinski definition) is 2. The maximum atomic E-state index is 11.1. The third kappa shape index (κ3) is 3.69. The number of imidazole rings is 1. The Hall–Kier alpha value is -2.32. The van der Waals surface area contributed by atoms with Crippen LogP contribution in [0.5, 0.6) is 5.75 Å². The van der Waals surface area contributed by atoms with E-state index in [0.717, 1.165) is 50.6 Å². The van der Waals surface area contributed by atoms with Gasteiger partial charge in [0, 0.05) is 32.7 Å². The van der Waals surface area contributed by atoms with Gasteiger partial charge in [0.2, 0.25) is 5.95 Å². The van der Waals surface area contributed by atoms with E-state index < -0.39 is 6.09 Å². The molecule has 25 heavy (non-hydrogen) atoms. The zero-order valence-corrected chi connectivity index (χ0v) is 14.5. The molecule has 1 amide bonds. The molecule has 3 N–H and O–H groups in total. The van der Waals surface area contributed by atoms with Gasteiger partial charge in [-0.1, -0.05) is 13.0 Å². The largest absolute Gasteiger partial charge is 0.410 e. The zero-order valence-electron chi connectivity index (χ0n) is 14.5. The van der Waals surface area contributed by atoms with E-state index in [-0.39, 0.29) is 6.61 Å². The van der Waals surface area contributed by atoms with Gasteiger partial charge in [-0.25, -0.2) is 9.78 Å². The van der Waals surface area contributed by atoms with Crippen LogP contribution in [0.3, 0.4) is 0 Å². The molecule has 0 atom stereocenters. The predicted molar refractivity (Wildman–Crippen MR) is 96.0 cm³/mol. The standard InChI is InChI=1S/C17H25N5O3/c1-2-6-20-7-9-21(10-8-20)17-19-15-13(22(17)11-12-23)4-3-5-14(15)25-16(18)24/h3-5,23H,2,6-12H2,1H3,(H2,18,24). The van der Waals surface area contributed by atoms with Crippen LogP contribution in [0.1, 0.15) is 13.3 Å². The normalized spacial score (nSPS) is 15.7. The molecule has 1 aromatic carbocycles. The predicted octanol–water partition coefficient (Wildman–Crippen LogP) is 1.02. The molecule has 0 saturated carbocycles. The molecule has 1 aromatic heterocycles. The number of ether oxygens (including phenoxy) is 1. The number of aliphatic hydroxyl groups excluding tert-OH is 1. The van der Waals surface area contributed by atoms with E-state index in [2.05, 4.69) is 16.7 Å². The Kier molecular flexibility index (Phi) is 5.40. The van der Waals surface area contributed by atoms with Gasteiger partial charge in [0.25, 0.3) is 0 Å². The molecule has 0 spiro atoms. The number of primary amides is 1. The fourth-order valence-electron chi connectivity index (χ4n) is 3.35. The van der Waals surface area contributed by atoms with Crippen molar-refractivity contribution in [3.8, 4) is 5.75 Å². The summed E-state index contributed by atoms with van der Waals surface area (Å²) in [7, 11) is 0. The Morgan fingerprint density at radius 3 is 2.68 bits per heavy atom. The summed E-state index contributed by atoms with van der Waals surface area (Å²) in [4.78, 5) is 20.5. The fourth-order valence-corrected chi connectivity index (χ4v) is 3.35. The lowest BCUT2D eigenvalue weighted by molar-refractivity contribution is 0.211. The number of aliphatic hydroxyl groups is 1. The minimum atomic E-state index is -0.862. The minimum Gasteiger partial charge on any atom is -0.408 e. The van der Waals surface area contributed by atoms with Crippen LogP contribution in [0, 0.1) is 0 Å². The van der Waals surface area contributed by atoms with Crippen molar-refractivity contribution in [2.45, 2.75) is 19.9 Å². The number of piperazine rings is 1. The molecule has 0 aliphatic carbocycles. The molecule has 3 rings (SSSR count). The molecular weight excluding hydrogens is 322 g/mol. The highest BCUT2D eigenvalue weighted by Crippen LogP contribution is 2.30. The summed E-state index contributed by atoms with van der Waals surface area (Å²) in [5.41, 5.74) is 6.56. The second-order valence-corrected chi connectivity index (χ2v) is 6.16. The molecular formula is C17H25N5O3. The maximum Gasteiger partial charge on any atom is 0.410 e. The second kappa shape index (κ2) is 7.71. The number of fused-ring (bicyclic) bond motifs is 1. The van der Waals surface area contributed by atoms with E-state index in [1.54, 1.807) is 12.1 Å². The first-order valence-electron chi connectivity index (χ1n) is 8.68. The van der Waals surface area contributed by atoms with Crippen molar-refractivity contribution < 1.29 is 14.6 Å². The average molecular weight is 347 g/mol. The van der Waals surface area contributed by atoms with Crippen LogP contribution in [0.2, 0.25) is 0 Å². The van der Waals surface area contributed by atoms with Gasteiger partial charge in [-0.2, -0.15) is 0 Å². The molecule has 8 nitrogen and oxygen atoms in total. The quantitative estimate of drug-likeness (QED) is 0.810. The molecule has 8 heteroatoms. The van der Waals surface area contributed by atoms with Crippen molar-refractivity contribution >= 4 is 23.1 Å². The van der Waals surface area contributed by atoms with Crippen molar-refractivity contribution in [3.63, 3.8) is 0 Å². The Morgan fingerprint density at radius 1 is 1.28 bits per heavy atom. The molecule has 1 aliphatic heterocycles. The van der Waals surface area contributed by atoms with Crippen molar-refractivity contribution in [2.24, 2.45) is 5.73 Å². The number of aromatic nitrogens is 2. The molecule has 0 radical (unpaired) electrons. The summed E-state index contributed by atoms with van der Waals surface area (Å²) in [6.45, 7) is 7.46. The first-order valence-corrected chi connectivity index (χ1v) is 8.68. The van der Waals surface area contributed by atoms with Gasteiger partial charge in [0.05, 0.1) is 12.1 Å². The SMILES string of the molecule is CCCN1CCN(c2nc3c(OC(N)=O)cccc3n2CCO)CC1. The van der Waals surface area contributed by atoms with Gasteiger partial charge in [0.15, 0.2) is 5.75 Å². The third-order valence-electron chi connectivity index (χ3n) is 4.45. The number of carbonyl (C=O) groups excluding carboxylic acids is 1. The number of para-hydroxylation sites is 1. The van der Waals surface area contributed by atoms with Crippen LogP contribution < -0.4 is 15.4 Å². The minimum absolute atomic E-state index is 0.00909. The number of benzene rings is 1. The Balaban J connectivity index is 1.94. The highest BCUT2D eigenvalue weighted by atomic mass is 16.5. The van der Waals surface area contributed by atoms with Gasteiger partial charge in [-0.3, -0.25) is 4.90 Å². The zero-order chi connectivity index (χ0) is 17.8. The summed E-state index contributed by atoms with van der Waals surface area (Å²) in [5.74, 6) is 1.13. The lowest BCUT2D eigenvalue weighted by atomic mass is 10.3. The first kappa shape index (κ1) is 17.5. The van der Waals surface area contributed by atoms with E-state index >= 15 is 0 Å². The highest BCUT2D eigenvalue weighted by Gasteiger charge is 2.23. The molecule has 1 aliphatic rings. The van der Waals surface area contributed by atoms with Gasteiger partial charge < -0.3 is 25.0 Å². The smallest absolute Gasteiger partial charge is 0.408 e. The molecule has 0 bridgehead atoms. The Labute approximate surface area is 146 Å². The van der Waals surface area contributed by atoms with E-state index in [4.69, 9.17) is 15.5 Å². The van der Waals surface area contributed by atoms with Crippen LogP contribution >= 0.6 is 0 Å². The number of anilines is 1. The van der Waals surface area contributed by atoms with E-state index in [0.29, 0.717) is 17.8 Å². The number of nitrogens with two attached hydrogens (primary N) is 1. The first-order chi connectivity index (χ1) is 12.1. The van der Waals surface area contributed by atoms with E-state index in [9.17, 15) is 9.90 Å². The molecule has 1 saturated heterocycles. The monoisotopic (exact) mass is 347 g/mol. The summed E-state index contributed by atoms with van der Waals surface area (Å²) in [5, 5.41) is 9.47. The van der Waals surface area contributed by atoms with Crippen molar-refractivity contribution in [2.75, 3.05) is 44.2 Å². The number of rotatable bonds is 6. The number of hydrogen-bond acceptors (Lipinski definition) is 6. The summed E-state index contributed by atoms with van der Waals surface area (Å²) in [6, 6.07) is 5.37. The van der Waals surface area contributed by atoms with E-state index in [1.165, 1.54) is 0 Å². The molecule has 136 valence electrons. The summed E-state index contributed by atoms with van der Waals surface area (Å²) in [6.07, 6.45) is 0.288. The Bertz CT molecular complexity index is 737. The fraction of sp³-hybridized carbons (Fsp3) is 0.529. The Morgan fingerprint density at radius 2 is 2.04 bits per heavy atom. The maximum absolute atomic E-state index is 11.1. The molecule has 2 aromatic rings. The van der Waals surface area contributed by atoms with Crippen LogP contribution in [0.4, 0.5) is 10.7 Å². The van der Waals surface area contributed by atoms with Crippen LogP contribution in [-0.2, 0) is 6.54 Å². The highest BCUT2D eigenvalue weighted by molar-refractivity contribution is 5.87. The third-order valence-corrected chi connectivity index (χ3v) is 4.45. The van der Waals surface area contributed by atoms with Crippen LogP contribution in [-0.4, -0.2) is 65.0 Å². The van der Waals surface area contributed by atoms with Crippen molar-refractivity contribution in [3.05, 3.63) is 18.2 Å². The average Bonchev–Trinajstić information content (AvgIpc) is 2.96. The van der Waals surface area contributed by atoms with Crippen LogP contribution in [0.25, 0.3) is 11.0 Å². The molecule has 2 heterocycles. The number of nitrogens with zero attached hydrogens (tertiary/aromatic N) is 4. The van der Waals surface area contributed by atoms with Crippen molar-refractivity contribution in [1.82, 2.24) is 14.5 Å². The summed E-state index contributed by atoms with van der Waals surface area (Å²) < 4.78 is 7.05. The topological polar surface area (TPSA) is 96.9 Å². The van der Waals surface area contributed by atoms with Gasteiger partial charge in [-0.15, -0.1) is 0 Å².